The first-order chi connectivity index (χ1) is 11.8. The number of nitrogens with zero attached hydrogens (tertiary/aromatic N) is 3. The number of nitrogens with one attached hydrogen (secondary N) is 1. The summed E-state index contributed by atoms with van der Waals surface area (Å²) in [5.41, 5.74) is 0.565. The zero-order valence-electron chi connectivity index (χ0n) is 13.2. The van der Waals surface area contributed by atoms with Crippen LogP contribution in [-0.2, 0) is 4.79 Å². The van der Waals surface area contributed by atoms with Crippen molar-refractivity contribution in [1.29, 1.82) is 0 Å². The molecule has 9 heteroatoms. The Labute approximate surface area is 141 Å². The van der Waals surface area contributed by atoms with Crippen molar-refractivity contribution in [2.24, 2.45) is 5.92 Å². The van der Waals surface area contributed by atoms with E-state index in [1.165, 1.54) is 24.5 Å². The van der Waals surface area contributed by atoms with Gasteiger partial charge < -0.3 is 10.2 Å². The summed E-state index contributed by atoms with van der Waals surface area (Å²) >= 11 is 0. The normalized spacial score (nSPS) is 18.4. The predicted octanol–water partition coefficient (Wildman–Crippen LogP) is 2.66. The summed E-state index contributed by atoms with van der Waals surface area (Å²) in [6.07, 6.45) is -1.96. The Balaban J connectivity index is 1.78. The second kappa shape index (κ2) is 6.81. The molecule has 1 amide bonds. The van der Waals surface area contributed by atoms with Gasteiger partial charge in [-0.2, -0.15) is 13.2 Å². The minimum absolute atomic E-state index is 0.228. The zero-order chi connectivity index (χ0) is 18.0. The summed E-state index contributed by atoms with van der Waals surface area (Å²) in [5, 5.41) is 2.44. The molecule has 1 atom stereocenters. The summed E-state index contributed by atoms with van der Waals surface area (Å²) in [6, 6.07) is 4.15. The second-order valence-corrected chi connectivity index (χ2v) is 5.98. The molecule has 1 aliphatic rings. The van der Waals surface area contributed by atoms with Crippen molar-refractivity contribution in [3.8, 4) is 0 Å². The first-order valence-electron chi connectivity index (χ1n) is 7.83. The minimum Gasteiger partial charge on any atom is -0.355 e. The Morgan fingerprint density at radius 3 is 2.88 bits per heavy atom. The van der Waals surface area contributed by atoms with Crippen LogP contribution in [0.15, 0.2) is 24.5 Å². The van der Waals surface area contributed by atoms with Gasteiger partial charge in [-0.25, -0.2) is 14.4 Å². The second-order valence-electron chi connectivity index (χ2n) is 5.98. The molecule has 1 unspecified atom stereocenters. The highest BCUT2D eigenvalue weighted by molar-refractivity contribution is 5.89. The van der Waals surface area contributed by atoms with E-state index in [4.69, 9.17) is 0 Å². The number of rotatable bonds is 3. The monoisotopic (exact) mass is 356 g/mol. The number of alkyl halides is 3. The topological polar surface area (TPSA) is 58.1 Å². The molecule has 1 aliphatic heterocycles. The highest BCUT2D eigenvalue weighted by Crippen LogP contribution is 2.28. The molecule has 5 nitrogen and oxygen atoms in total. The van der Waals surface area contributed by atoms with E-state index in [-0.39, 0.29) is 6.54 Å². The van der Waals surface area contributed by atoms with Crippen LogP contribution in [0, 0.1) is 11.7 Å². The van der Waals surface area contributed by atoms with Crippen LogP contribution in [0.4, 0.5) is 23.4 Å². The summed E-state index contributed by atoms with van der Waals surface area (Å²) in [5.74, 6) is -1.15. The van der Waals surface area contributed by atoms with Gasteiger partial charge in [0.05, 0.1) is 11.4 Å². The number of aromatic nitrogens is 2. The summed E-state index contributed by atoms with van der Waals surface area (Å²) in [7, 11) is 0. The Morgan fingerprint density at radius 1 is 1.32 bits per heavy atom. The van der Waals surface area contributed by atoms with Gasteiger partial charge in [0.25, 0.3) is 0 Å². The quantitative estimate of drug-likeness (QED) is 0.859. The number of amides is 1. The molecule has 0 bridgehead atoms. The third kappa shape index (κ3) is 4.15. The highest BCUT2D eigenvalue weighted by atomic mass is 19.4. The molecule has 2 heterocycles. The van der Waals surface area contributed by atoms with Crippen LogP contribution in [0.1, 0.15) is 12.8 Å². The number of anilines is 1. The molecule has 0 radical (unpaired) electrons. The van der Waals surface area contributed by atoms with Gasteiger partial charge in [-0.15, -0.1) is 0 Å². The zero-order valence-corrected chi connectivity index (χ0v) is 13.2. The van der Waals surface area contributed by atoms with Crippen LogP contribution in [0.5, 0.6) is 0 Å². The number of hydrogen-bond donors (Lipinski definition) is 1. The summed E-state index contributed by atoms with van der Waals surface area (Å²) in [4.78, 5) is 22.1. The molecule has 25 heavy (non-hydrogen) atoms. The lowest BCUT2D eigenvalue weighted by atomic mass is 9.97. The van der Waals surface area contributed by atoms with Crippen LogP contribution < -0.4 is 10.2 Å². The summed E-state index contributed by atoms with van der Waals surface area (Å²) < 4.78 is 50.3. The van der Waals surface area contributed by atoms with Gasteiger partial charge in [0, 0.05) is 18.5 Å². The SMILES string of the molecule is O=C(NCC(F)(F)F)C1CCCN(c2ncnc3ccc(F)cc23)C1. The number of carbonyl (C=O) groups is 1. The molecule has 1 aromatic carbocycles. The van der Waals surface area contributed by atoms with Gasteiger partial charge in [0.1, 0.15) is 24.5 Å². The van der Waals surface area contributed by atoms with Crippen molar-refractivity contribution < 1.29 is 22.4 Å². The van der Waals surface area contributed by atoms with E-state index in [0.717, 1.165) is 0 Å². The lowest BCUT2D eigenvalue weighted by molar-refractivity contribution is -0.140. The van der Waals surface area contributed by atoms with Crippen LogP contribution in [0.25, 0.3) is 10.9 Å². The molecule has 0 aliphatic carbocycles. The standard InChI is InChI=1S/C16H16F4N4O/c17-11-3-4-13-12(6-11)14(23-9-22-13)24-5-1-2-10(7-24)15(25)21-8-16(18,19)20/h3-4,6,9-10H,1-2,5,7-8H2,(H,21,25). The van der Waals surface area contributed by atoms with E-state index >= 15 is 0 Å². The smallest absolute Gasteiger partial charge is 0.355 e. The lowest BCUT2D eigenvalue weighted by Crippen LogP contribution is -2.45. The molecule has 2 aromatic rings. The van der Waals surface area contributed by atoms with Crippen molar-refractivity contribution in [2.75, 3.05) is 24.5 Å². The van der Waals surface area contributed by atoms with E-state index in [0.29, 0.717) is 36.1 Å². The van der Waals surface area contributed by atoms with Crippen molar-refractivity contribution in [1.82, 2.24) is 15.3 Å². The Bertz CT molecular complexity index is 780. The molecule has 134 valence electrons. The number of hydrogen-bond acceptors (Lipinski definition) is 4. The molecule has 1 fully saturated rings. The summed E-state index contributed by atoms with van der Waals surface area (Å²) in [6.45, 7) is -0.526. The first kappa shape index (κ1) is 17.4. The molecule has 1 N–H and O–H groups in total. The predicted molar refractivity (Wildman–Crippen MR) is 83.5 cm³/mol. The molecule has 0 saturated carbocycles. The van der Waals surface area contributed by atoms with Gasteiger partial charge in [0.15, 0.2) is 0 Å². The van der Waals surface area contributed by atoms with Crippen LogP contribution >= 0.6 is 0 Å². The third-order valence-electron chi connectivity index (χ3n) is 4.13. The number of piperidine rings is 1. The highest BCUT2D eigenvalue weighted by Gasteiger charge is 2.32. The van der Waals surface area contributed by atoms with Crippen molar-refractivity contribution >= 4 is 22.6 Å². The van der Waals surface area contributed by atoms with Crippen LogP contribution in [0.2, 0.25) is 0 Å². The Morgan fingerprint density at radius 2 is 2.12 bits per heavy atom. The van der Waals surface area contributed by atoms with E-state index in [1.807, 2.05) is 5.32 Å². The fraction of sp³-hybridized carbons (Fsp3) is 0.438. The Hall–Kier alpha value is -2.45. The van der Waals surface area contributed by atoms with Crippen molar-refractivity contribution in [3.05, 3.63) is 30.3 Å². The van der Waals surface area contributed by atoms with Gasteiger partial charge >= 0.3 is 6.18 Å². The average Bonchev–Trinajstić information content (AvgIpc) is 2.58. The minimum atomic E-state index is -4.44. The van der Waals surface area contributed by atoms with Gasteiger partial charge in [-0.1, -0.05) is 0 Å². The van der Waals surface area contributed by atoms with Gasteiger partial charge in [-0.3, -0.25) is 4.79 Å². The number of carbonyl (C=O) groups excluding carboxylic acids is 1. The largest absolute Gasteiger partial charge is 0.405 e. The number of halogens is 4. The van der Waals surface area contributed by atoms with Crippen molar-refractivity contribution in [2.45, 2.75) is 19.0 Å². The van der Waals surface area contributed by atoms with E-state index in [2.05, 4.69) is 9.97 Å². The third-order valence-corrected chi connectivity index (χ3v) is 4.13. The van der Waals surface area contributed by atoms with Crippen LogP contribution in [0.3, 0.4) is 0 Å². The molecule has 1 aromatic heterocycles. The van der Waals surface area contributed by atoms with Crippen LogP contribution in [-0.4, -0.2) is 41.7 Å². The Kier molecular flexibility index (Phi) is 4.73. The molecular weight excluding hydrogens is 340 g/mol. The average molecular weight is 356 g/mol. The van der Waals surface area contributed by atoms with E-state index in [9.17, 15) is 22.4 Å². The van der Waals surface area contributed by atoms with Crippen molar-refractivity contribution in [3.63, 3.8) is 0 Å². The molecule has 3 rings (SSSR count). The fourth-order valence-electron chi connectivity index (χ4n) is 2.98. The molecular formula is C16H16F4N4O. The van der Waals surface area contributed by atoms with E-state index in [1.54, 1.807) is 4.90 Å². The molecule has 0 spiro atoms. The van der Waals surface area contributed by atoms with Gasteiger partial charge in [-0.05, 0) is 31.0 Å². The lowest BCUT2D eigenvalue weighted by Gasteiger charge is -2.33. The molecule has 1 saturated heterocycles. The number of fused-ring (bicyclic) bond motifs is 1. The maximum atomic E-state index is 13.6. The van der Waals surface area contributed by atoms with E-state index < -0.39 is 30.4 Å². The fourth-order valence-corrected chi connectivity index (χ4v) is 2.98. The van der Waals surface area contributed by atoms with Gasteiger partial charge in [0.2, 0.25) is 5.91 Å². The maximum absolute atomic E-state index is 13.6. The maximum Gasteiger partial charge on any atom is 0.405 e. The first-order valence-corrected chi connectivity index (χ1v) is 7.83. The number of benzene rings is 1.